The molecular weight excluding hydrogens is 266 g/mol. The minimum absolute atomic E-state index is 0.187. The predicted molar refractivity (Wildman–Crippen MR) is 82.3 cm³/mol. The van der Waals surface area contributed by atoms with Gasteiger partial charge in [0.25, 0.3) is 5.69 Å². The van der Waals surface area contributed by atoms with Crippen molar-refractivity contribution in [2.24, 2.45) is 5.41 Å². The maximum absolute atomic E-state index is 10.8. The molecule has 0 unspecified atom stereocenters. The second-order valence-corrected chi connectivity index (χ2v) is 6.58. The first-order valence-electron chi connectivity index (χ1n) is 7.75. The van der Waals surface area contributed by atoms with Crippen LogP contribution < -0.4 is 5.32 Å². The van der Waals surface area contributed by atoms with Crippen LogP contribution >= 0.6 is 0 Å². The van der Waals surface area contributed by atoms with Crippen molar-refractivity contribution in [2.45, 2.75) is 32.7 Å². The molecule has 21 heavy (non-hydrogen) atoms. The van der Waals surface area contributed by atoms with Crippen LogP contribution in [0, 0.1) is 22.5 Å². The summed E-state index contributed by atoms with van der Waals surface area (Å²) in [5, 5.41) is 14.2. The van der Waals surface area contributed by atoms with E-state index in [9.17, 15) is 10.1 Å². The monoisotopic (exact) mass is 289 g/mol. The molecule has 0 radical (unpaired) electrons. The Kier molecular flexibility index (Phi) is 3.95. The number of benzene rings is 1. The highest BCUT2D eigenvalue weighted by molar-refractivity contribution is 5.39. The number of nitrogens with one attached hydrogen (secondary N) is 1. The first kappa shape index (κ1) is 14.5. The van der Waals surface area contributed by atoms with Gasteiger partial charge in [0, 0.05) is 25.2 Å². The standard InChI is InChI=1S/C16H23N3O2/c1-13-10-15(19(20)21)3-2-14(13)11-18-9-6-16(12-18)4-7-17-8-5-16/h2-3,10,17H,4-9,11-12H2,1H3. The van der Waals surface area contributed by atoms with Crippen LogP contribution in [0.2, 0.25) is 0 Å². The molecule has 2 aliphatic heterocycles. The molecule has 0 atom stereocenters. The van der Waals surface area contributed by atoms with Gasteiger partial charge in [0.15, 0.2) is 0 Å². The summed E-state index contributed by atoms with van der Waals surface area (Å²) in [4.78, 5) is 13.0. The molecule has 3 rings (SSSR count). The molecule has 0 aliphatic carbocycles. The Hall–Kier alpha value is -1.46. The average molecular weight is 289 g/mol. The van der Waals surface area contributed by atoms with E-state index in [1.807, 2.05) is 13.0 Å². The number of nitro benzene ring substituents is 1. The number of aryl methyl sites for hydroxylation is 1. The van der Waals surface area contributed by atoms with Crippen molar-refractivity contribution in [1.29, 1.82) is 0 Å². The highest BCUT2D eigenvalue weighted by Crippen LogP contribution is 2.39. The van der Waals surface area contributed by atoms with Gasteiger partial charge in [-0.3, -0.25) is 15.0 Å². The molecule has 0 bridgehead atoms. The Morgan fingerprint density at radius 3 is 2.76 bits per heavy atom. The van der Waals surface area contributed by atoms with Gasteiger partial charge in [0.2, 0.25) is 0 Å². The highest BCUT2D eigenvalue weighted by Gasteiger charge is 2.38. The third kappa shape index (κ3) is 3.09. The van der Waals surface area contributed by atoms with Crippen LogP contribution in [-0.2, 0) is 6.54 Å². The van der Waals surface area contributed by atoms with Crippen LogP contribution in [-0.4, -0.2) is 36.0 Å². The molecule has 2 heterocycles. The van der Waals surface area contributed by atoms with Crippen molar-refractivity contribution in [3.8, 4) is 0 Å². The summed E-state index contributed by atoms with van der Waals surface area (Å²) in [6.45, 7) is 7.49. The largest absolute Gasteiger partial charge is 0.317 e. The van der Waals surface area contributed by atoms with E-state index in [0.717, 1.165) is 31.7 Å². The lowest BCUT2D eigenvalue weighted by molar-refractivity contribution is -0.384. The molecule has 114 valence electrons. The molecule has 2 saturated heterocycles. The van der Waals surface area contributed by atoms with Crippen LogP contribution in [0.25, 0.3) is 0 Å². The van der Waals surface area contributed by atoms with Gasteiger partial charge >= 0.3 is 0 Å². The molecule has 2 aliphatic rings. The molecule has 2 fully saturated rings. The first-order chi connectivity index (χ1) is 10.1. The van der Waals surface area contributed by atoms with Gasteiger partial charge in [0.1, 0.15) is 0 Å². The van der Waals surface area contributed by atoms with E-state index in [-0.39, 0.29) is 10.6 Å². The molecule has 0 saturated carbocycles. The smallest absolute Gasteiger partial charge is 0.269 e. The van der Waals surface area contributed by atoms with Crippen molar-refractivity contribution in [3.05, 3.63) is 39.4 Å². The zero-order valence-electron chi connectivity index (χ0n) is 12.6. The molecule has 1 spiro atoms. The van der Waals surface area contributed by atoms with Gasteiger partial charge in [-0.15, -0.1) is 0 Å². The first-order valence-corrected chi connectivity index (χ1v) is 7.75. The van der Waals surface area contributed by atoms with Gasteiger partial charge in [-0.1, -0.05) is 6.07 Å². The number of hydrogen-bond donors (Lipinski definition) is 1. The summed E-state index contributed by atoms with van der Waals surface area (Å²) in [5.41, 5.74) is 2.94. The Labute approximate surface area is 125 Å². The van der Waals surface area contributed by atoms with E-state index in [2.05, 4.69) is 10.2 Å². The Bertz CT molecular complexity index is 538. The second-order valence-electron chi connectivity index (χ2n) is 6.58. The van der Waals surface area contributed by atoms with E-state index < -0.39 is 0 Å². The van der Waals surface area contributed by atoms with E-state index in [4.69, 9.17) is 0 Å². The van der Waals surface area contributed by atoms with E-state index in [0.29, 0.717) is 5.41 Å². The molecule has 5 nitrogen and oxygen atoms in total. The lowest BCUT2D eigenvalue weighted by Gasteiger charge is -2.34. The predicted octanol–water partition coefficient (Wildman–Crippen LogP) is 2.48. The third-order valence-electron chi connectivity index (χ3n) is 5.11. The number of nitro groups is 1. The Morgan fingerprint density at radius 2 is 2.10 bits per heavy atom. The van der Waals surface area contributed by atoms with Crippen molar-refractivity contribution < 1.29 is 4.92 Å². The van der Waals surface area contributed by atoms with Gasteiger partial charge in [0.05, 0.1) is 4.92 Å². The number of hydrogen-bond acceptors (Lipinski definition) is 4. The summed E-state index contributed by atoms with van der Waals surface area (Å²) >= 11 is 0. The summed E-state index contributed by atoms with van der Waals surface area (Å²) in [6, 6.07) is 5.23. The fourth-order valence-electron chi connectivity index (χ4n) is 3.74. The maximum atomic E-state index is 10.8. The summed E-state index contributed by atoms with van der Waals surface area (Å²) in [6.07, 6.45) is 3.85. The van der Waals surface area contributed by atoms with Crippen LogP contribution in [0.5, 0.6) is 0 Å². The molecular formula is C16H23N3O2. The SMILES string of the molecule is Cc1cc([N+](=O)[O-])ccc1CN1CCC2(CCNCC2)C1. The molecule has 1 N–H and O–H groups in total. The van der Waals surface area contributed by atoms with Crippen LogP contribution in [0.3, 0.4) is 0 Å². The molecule has 1 aromatic rings. The van der Waals surface area contributed by atoms with Gasteiger partial charge in [-0.25, -0.2) is 0 Å². The fourth-order valence-corrected chi connectivity index (χ4v) is 3.74. The van der Waals surface area contributed by atoms with Gasteiger partial charge in [-0.05, 0) is 62.4 Å². The number of piperidine rings is 1. The van der Waals surface area contributed by atoms with Crippen molar-refractivity contribution in [1.82, 2.24) is 10.2 Å². The number of rotatable bonds is 3. The number of likely N-dealkylation sites (tertiary alicyclic amines) is 1. The van der Waals surface area contributed by atoms with E-state index in [1.165, 1.54) is 31.4 Å². The Balaban J connectivity index is 1.66. The van der Waals surface area contributed by atoms with E-state index >= 15 is 0 Å². The minimum atomic E-state index is -0.323. The molecule has 0 amide bonds. The lowest BCUT2D eigenvalue weighted by Crippen LogP contribution is -2.38. The number of nitrogens with zero attached hydrogens (tertiary/aromatic N) is 2. The van der Waals surface area contributed by atoms with Crippen LogP contribution in [0.4, 0.5) is 5.69 Å². The van der Waals surface area contributed by atoms with Crippen LogP contribution in [0.1, 0.15) is 30.4 Å². The maximum Gasteiger partial charge on any atom is 0.269 e. The van der Waals surface area contributed by atoms with Crippen molar-refractivity contribution in [3.63, 3.8) is 0 Å². The summed E-state index contributed by atoms with van der Waals surface area (Å²) in [7, 11) is 0. The van der Waals surface area contributed by atoms with Crippen molar-refractivity contribution >= 4 is 5.69 Å². The van der Waals surface area contributed by atoms with Gasteiger partial charge < -0.3 is 5.32 Å². The Morgan fingerprint density at radius 1 is 1.33 bits per heavy atom. The highest BCUT2D eigenvalue weighted by atomic mass is 16.6. The van der Waals surface area contributed by atoms with Gasteiger partial charge in [-0.2, -0.15) is 0 Å². The summed E-state index contributed by atoms with van der Waals surface area (Å²) in [5.74, 6) is 0. The third-order valence-corrected chi connectivity index (χ3v) is 5.11. The minimum Gasteiger partial charge on any atom is -0.317 e. The normalized spacial score (nSPS) is 21.8. The van der Waals surface area contributed by atoms with E-state index in [1.54, 1.807) is 12.1 Å². The van der Waals surface area contributed by atoms with Crippen molar-refractivity contribution in [2.75, 3.05) is 26.2 Å². The zero-order valence-corrected chi connectivity index (χ0v) is 12.6. The number of non-ortho nitro benzene ring substituents is 1. The topological polar surface area (TPSA) is 58.4 Å². The zero-order chi connectivity index (χ0) is 14.9. The molecule has 1 aromatic carbocycles. The average Bonchev–Trinajstić information content (AvgIpc) is 2.84. The summed E-state index contributed by atoms with van der Waals surface area (Å²) < 4.78 is 0. The van der Waals surface area contributed by atoms with Crippen LogP contribution in [0.15, 0.2) is 18.2 Å². The second kappa shape index (κ2) is 5.73. The fraction of sp³-hybridized carbons (Fsp3) is 0.625. The molecule has 0 aromatic heterocycles. The molecule has 5 heteroatoms. The quantitative estimate of drug-likeness (QED) is 0.686. The lowest BCUT2D eigenvalue weighted by atomic mass is 9.78.